The summed E-state index contributed by atoms with van der Waals surface area (Å²) in [4.78, 5) is 0.741. The molecule has 2 unspecified atom stereocenters. The molecule has 2 N–H and O–H groups in total. The van der Waals surface area contributed by atoms with E-state index in [0.29, 0.717) is 0 Å². The number of rotatable bonds is 1. The van der Waals surface area contributed by atoms with Gasteiger partial charge in [0.2, 0.25) is 0 Å². The summed E-state index contributed by atoms with van der Waals surface area (Å²) in [6, 6.07) is 8.48. The first-order valence-electron chi connectivity index (χ1n) is 5.52. The summed E-state index contributed by atoms with van der Waals surface area (Å²) >= 11 is 0. The maximum atomic E-state index is 11.7. The quantitative estimate of drug-likeness (QED) is 0.255. The predicted octanol–water partition coefficient (Wildman–Crippen LogP) is 1.41. The Balaban J connectivity index is 2.41. The van der Waals surface area contributed by atoms with Crippen LogP contribution in [-0.4, -0.2) is 22.2 Å². The Labute approximate surface area is 95.5 Å². The molecule has 0 amide bonds. The van der Waals surface area contributed by atoms with Crippen LogP contribution in [0.5, 0.6) is 0 Å². The van der Waals surface area contributed by atoms with Crippen molar-refractivity contribution in [2.45, 2.75) is 32.4 Å². The Kier molecular flexibility index (Phi) is 2.73. The van der Waals surface area contributed by atoms with E-state index in [2.05, 4.69) is 12.1 Å². The van der Waals surface area contributed by atoms with Crippen molar-refractivity contribution >= 4 is 6.34 Å². The lowest BCUT2D eigenvalue weighted by molar-refractivity contribution is -0.654. The number of fused-ring (bicyclic) bond motifs is 1. The van der Waals surface area contributed by atoms with Gasteiger partial charge in [0, 0.05) is 0 Å². The molecule has 1 heterocycles. The van der Waals surface area contributed by atoms with Crippen molar-refractivity contribution in [3.05, 3.63) is 40.6 Å². The maximum absolute atomic E-state index is 11.7. The minimum atomic E-state index is 0.0669. The topological polar surface area (TPSA) is 55.3 Å². The molecule has 16 heavy (non-hydrogen) atoms. The van der Waals surface area contributed by atoms with Crippen LogP contribution in [0.3, 0.4) is 0 Å². The van der Waals surface area contributed by atoms with Gasteiger partial charge in [0.15, 0.2) is 0 Å². The third-order valence-electron chi connectivity index (χ3n) is 3.22. The summed E-state index contributed by atoms with van der Waals surface area (Å²) in [7, 11) is 0. The Morgan fingerprint density at radius 1 is 1.44 bits per heavy atom. The van der Waals surface area contributed by atoms with Crippen LogP contribution in [-0.2, 0) is 6.42 Å². The number of hydrogen-bond donors (Lipinski definition) is 1. The van der Waals surface area contributed by atoms with Crippen molar-refractivity contribution in [1.82, 2.24) is 5.01 Å². The van der Waals surface area contributed by atoms with E-state index in [0.717, 1.165) is 17.6 Å². The molecule has 4 nitrogen and oxygen atoms in total. The molecule has 0 aromatic heterocycles. The van der Waals surface area contributed by atoms with E-state index in [1.54, 1.807) is 5.01 Å². The van der Waals surface area contributed by atoms with E-state index in [1.807, 2.05) is 26.0 Å². The standard InChI is InChI=1S/C12H17N3O/c1-9-7-11-5-3-4-6-12(11)10(2)15(9)14(16)8-13/h3-6,8-10H,7,13H2,1-2H3. The number of nitrogens with zero attached hydrogens (tertiary/aromatic N) is 2. The van der Waals surface area contributed by atoms with E-state index in [4.69, 9.17) is 5.73 Å². The van der Waals surface area contributed by atoms with Gasteiger partial charge in [0.25, 0.3) is 6.34 Å². The van der Waals surface area contributed by atoms with E-state index in [-0.39, 0.29) is 12.1 Å². The second-order valence-corrected chi connectivity index (χ2v) is 4.26. The van der Waals surface area contributed by atoms with Crippen LogP contribution in [0.15, 0.2) is 24.3 Å². The molecule has 0 fully saturated rings. The highest BCUT2D eigenvalue weighted by Crippen LogP contribution is 2.32. The van der Waals surface area contributed by atoms with Crippen LogP contribution < -0.4 is 5.73 Å². The second kappa shape index (κ2) is 4.04. The summed E-state index contributed by atoms with van der Waals surface area (Å²) in [5.41, 5.74) is 7.83. The number of hydrogen-bond acceptors (Lipinski definition) is 2. The normalized spacial score (nSPS) is 25.4. The van der Waals surface area contributed by atoms with Crippen LogP contribution in [0.4, 0.5) is 0 Å². The minimum Gasteiger partial charge on any atom is -0.693 e. The Morgan fingerprint density at radius 2 is 2.12 bits per heavy atom. The molecule has 0 saturated heterocycles. The monoisotopic (exact) mass is 219 g/mol. The highest BCUT2D eigenvalue weighted by atomic mass is 16.5. The van der Waals surface area contributed by atoms with Crippen molar-refractivity contribution in [3.63, 3.8) is 0 Å². The van der Waals surface area contributed by atoms with Gasteiger partial charge in [-0.2, -0.15) is 4.85 Å². The van der Waals surface area contributed by atoms with Gasteiger partial charge in [-0.05, 0) is 31.4 Å². The fraction of sp³-hybridized carbons (Fsp3) is 0.417. The summed E-state index contributed by atoms with van der Waals surface area (Å²) < 4.78 is 0. The van der Waals surface area contributed by atoms with Gasteiger partial charge in [-0.1, -0.05) is 24.3 Å². The van der Waals surface area contributed by atoms with Crippen molar-refractivity contribution < 1.29 is 4.85 Å². The van der Waals surface area contributed by atoms with Crippen molar-refractivity contribution in [1.29, 1.82) is 0 Å². The summed E-state index contributed by atoms with van der Waals surface area (Å²) in [6.45, 7) is 4.07. The highest BCUT2D eigenvalue weighted by Gasteiger charge is 2.30. The summed E-state index contributed by atoms with van der Waals surface area (Å²) in [5.74, 6) is 0. The zero-order valence-electron chi connectivity index (χ0n) is 9.63. The van der Waals surface area contributed by atoms with Crippen molar-refractivity contribution in [2.24, 2.45) is 5.73 Å². The number of hydrazone groups is 1. The molecule has 2 rings (SSSR count). The molecule has 0 spiro atoms. The van der Waals surface area contributed by atoms with Gasteiger partial charge >= 0.3 is 0 Å². The summed E-state index contributed by atoms with van der Waals surface area (Å²) in [5, 5.41) is 13.4. The van der Waals surface area contributed by atoms with Crippen LogP contribution in [0.2, 0.25) is 0 Å². The van der Waals surface area contributed by atoms with E-state index >= 15 is 0 Å². The van der Waals surface area contributed by atoms with Gasteiger partial charge in [0.05, 0.1) is 12.1 Å². The molecule has 0 radical (unpaired) electrons. The van der Waals surface area contributed by atoms with Crippen LogP contribution in [0, 0.1) is 5.21 Å². The molecule has 4 heteroatoms. The Bertz CT molecular complexity index is 416. The van der Waals surface area contributed by atoms with Crippen molar-refractivity contribution in [2.75, 3.05) is 0 Å². The van der Waals surface area contributed by atoms with Gasteiger partial charge in [0.1, 0.15) is 0 Å². The first-order valence-corrected chi connectivity index (χ1v) is 5.52. The zero-order valence-corrected chi connectivity index (χ0v) is 9.63. The molecule has 1 aromatic carbocycles. The maximum Gasteiger partial charge on any atom is 0.257 e. The number of hydrazine groups is 1. The molecule has 2 atom stereocenters. The van der Waals surface area contributed by atoms with E-state index in [1.165, 1.54) is 11.1 Å². The lowest BCUT2D eigenvalue weighted by atomic mass is 9.91. The predicted molar refractivity (Wildman–Crippen MR) is 63.7 cm³/mol. The molecule has 1 aromatic rings. The van der Waals surface area contributed by atoms with Crippen LogP contribution in [0.1, 0.15) is 31.0 Å². The molecular formula is C12H17N3O. The lowest BCUT2D eigenvalue weighted by Crippen LogP contribution is -2.46. The van der Waals surface area contributed by atoms with Gasteiger partial charge in [-0.15, -0.1) is 0 Å². The zero-order chi connectivity index (χ0) is 11.7. The third-order valence-corrected chi connectivity index (χ3v) is 3.22. The average molecular weight is 219 g/mol. The van der Waals surface area contributed by atoms with Crippen LogP contribution in [0.25, 0.3) is 0 Å². The lowest BCUT2D eigenvalue weighted by Gasteiger charge is -2.41. The second-order valence-electron chi connectivity index (χ2n) is 4.26. The number of benzene rings is 1. The smallest absolute Gasteiger partial charge is 0.257 e. The van der Waals surface area contributed by atoms with Gasteiger partial charge < -0.3 is 5.21 Å². The molecule has 0 aliphatic carbocycles. The van der Waals surface area contributed by atoms with Gasteiger partial charge in [-0.25, -0.2) is 5.01 Å². The fourth-order valence-electron chi connectivity index (χ4n) is 2.51. The highest BCUT2D eigenvalue weighted by molar-refractivity contribution is 5.44. The first-order chi connectivity index (χ1) is 7.65. The van der Waals surface area contributed by atoms with Crippen LogP contribution >= 0.6 is 0 Å². The number of nitrogens with two attached hydrogens (primary N) is 1. The summed E-state index contributed by atoms with van der Waals surface area (Å²) in [6.07, 6.45) is 1.95. The fourth-order valence-corrected chi connectivity index (χ4v) is 2.51. The minimum absolute atomic E-state index is 0.0669. The molecule has 1 aliphatic heterocycles. The van der Waals surface area contributed by atoms with E-state index < -0.39 is 0 Å². The Hall–Kier alpha value is -1.71. The average Bonchev–Trinajstić information content (AvgIpc) is 2.28. The molecule has 1 aliphatic rings. The molecule has 86 valence electrons. The SMILES string of the molecule is CC1Cc2ccccc2C(C)N1[N+]([O-])=CN. The molecule has 0 bridgehead atoms. The molecular weight excluding hydrogens is 202 g/mol. The third kappa shape index (κ3) is 1.60. The first kappa shape index (κ1) is 10.8. The van der Waals surface area contributed by atoms with Crippen molar-refractivity contribution in [3.8, 4) is 0 Å². The largest absolute Gasteiger partial charge is 0.693 e. The van der Waals surface area contributed by atoms with Gasteiger partial charge in [-0.3, -0.25) is 5.73 Å². The molecule has 0 saturated carbocycles. The Morgan fingerprint density at radius 3 is 2.81 bits per heavy atom. The van der Waals surface area contributed by atoms with E-state index in [9.17, 15) is 5.21 Å².